The normalized spacial score (nSPS) is 21.9. The molecule has 2 nitrogen and oxygen atoms in total. The molecule has 1 atom stereocenters. The average molecular weight is 189 g/mol. The summed E-state index contributed by atoms with van der Waals surface area (Å²) < 4.78 is 0. The zero-order chi connectivity index (χ0) is 9.80. The van der Waals surface area contributed by atoms with E-state index in [-0.39, 0.29) is 6.04 Å². The van der Waals surface area contributed by atoms with E-state index in [1.165, 1.54) is 0 Å². The number of benzene rings is 1. The lowest BCUT2D eigenvalue weighted by atomic mass is 10.0. The number of hydrogen-bond acceptors (Lipinski definition) is 2. The molecule has 0 saturated heterocycles. The molecule has 1 heterocycles. The SMILES string of the molecule is Oc1ccccc1[C@@H]1CC=CCCN1. The van der Waals surface area contributed by atoms with Crippen molar-refractivity contribution in [3.05, 3.63) is 42.0 Å². The van der Waals surface area contributed by atoms with Crippen molar-refractivity contribution in [3.63, 3.8) is 0 Å². The van der Waals surface area contributed by atoms with Crippen LogP contribution in [0.1, 0.15) is 24.4 Å². The maximum Gasteiger partial charge on any atom is 0.120 e. The Bertz CT molecular complexity index is 333. The number of phenolic OH excluding ortho intramolecular Hbond substituents is 1. The molecular formula is C12H15NO. The summed E-state index contributed by atoms with van der Waals surface area (Å²) in [6.07, 6.45) is 6.39. The van der Waals surface area contributed by atoms with Crippen molar-refractivity contribution >= 4 is 0 Å². The lowest BCUT2D eigenvalue weighted by Crippen LogP contribution is -2.20. The van der Waals surface area contributed by atoms with E-state index < -0.39 is 0 Å². The summed E-state index contributed by atoms with van der Waals surface area (Å²) in [5.41, 5.74) is 0.999. The fourth-order valence-corrected chi connectivity index (χ4v) is 1.79. The highest BCUT2D eigenvalue weighted by Crippen LogP contribution is 2.26. The van der Waals surface area contributed by atoms with Crippen LogP contribution < -0.4 is 5.32 Å². The van der Waals surface area contributed by atoms with Gasteiger partial charge in [0, 0.05) is 11.6 Å². The van der Waals surface area contributed by atoms with Crippen LogP contribution in [0.3, 0.4) is 0 Å². The minimum atomic E-state index is 0.259. The van der Waals surface area contributed by atoms with Crippen LogP contribution in [-0.4, -0.2) is 11.7 Å². The molecule has 0 amide bonds. The van der Waals surface area contributed by atoms with Crippen LogP contribution in [-0.2, 0) is 0 Å². The van der Waals surface area contributed by atoms with Crippen LogP contribution in [0.5, 0.6) is 5.75 Å². The summed E-state index contributed by atoms with van der Waals surface area (Å²) in [5.74, 6) is 0.389. The van der Waals surface area contributed by atoms with Gasteiger partial charge >= 0.3 is 0 Å². The van der Waals surface area contributed by atoms with Gasteiger partial charge in [0.25, 0.3) is 0 Å². The van der Waals surface area contributed by atoms with Gasteiger partial charge in [-0.25, -0.2) is 0 Å². The molecule has 0 unspecified atom stereocenters. The highest BCUT2D eigenvalue weighted by Gasteiger charge is 2.13. The maximum atomic E-state index is 9.69. The van der Waals surface area contributed by atoms with Crippen LogP contribution in [0, 0.1) is 0 Å². The summed E-state index contributed by atoms with van der Waals surface area (Å²) in [6, 6.07) is 7.80. The highest BCUT2D eigenvalue weighted by atomic mass is 16.3. The van der Waals surface area contributed by atoms with Gasteiger partial charge in [-0.2, -0.15) is 0 Å². The van der Waals surface area contributed by atoms with Crippen LogP contribution in [0.2, 0.25) is 0 Å². The van der Waals surface area contributed by atoms with E-state index in [1.54, 1.807) is 6.07 Å². The van der Waals surface area contributed by atoms with Crippen molar-refractivity contribution in [1.29, 1.82) is 0 Å². The summed E-state index contributed by atoms with van der Waals surface area (Å²) in [6.45, 7) is 0.982. The molecule has 0 aliphatic carbocycles. The Balaban J connectivity index is 2.21. The Hall–Kier alpha value is -1.28. The summed E-state index contributed by atoms with van der Waals surface area (Å²) in [7, 11) is 0. The Labute approximate surface area is 84.3 Å². The lowest BCUT2D eigenvalue weighted by Gasteiger charge is -2.16. The van der Waals surface area contributed by atoms with Crippen molar-refractivity contribution in [3.8, 4) is 5.75 Å². The number of aromatic hydroxyl groups is 1. The van der Waals surface area contributed by atoms with Crippen molar-refractivity contribution in [2.24, 2.45) is 0 Å². The first-order chi connectivity index (χ1) is 6.88. The Morgan fingerprint density at radius 1 is 1.21 bits per heavy atom. The monoisotopic (exact) mass is 189 g/mol. The molecule has 0 aromatic heterocycles. The van der Waals surface area contributed by atoms with Crippen molar-refractivity contribution < 1.29 is 5.11 Å². The Morgan fingerprint density at radius 2 is 2.07 bits per heavy atom. The van der Waals surface area contributed by atoms with Gasteiger partial charge in [0.2, 0.25) is 0 Å². The third-order valence-corrected chi connectivity index (χ3v) is 2.55. The van der Waals surface area contributed by atoms with E-state index in [4.69, 9.17) is 0 Å². The van der Waals surface area contributed by atoms with Gasteiger partial charge in [0.1, 0.15) is 5.75 Å². The summed E-state index contributed by atoms with van der Waals surface area (Å²) >= 11 is 0. The minimum Gasteiger partial charge on any atom is -0.508 e. The van der Waals surface area contributed by atoms with E-state index in [9.17, 15) is 5.11 Å². The minimum absolute atomic E-state index is 0.259. The third-order valence-electron chi connectivity index (χ3n) is 2.55. The van der Waals surface area contributed by atoms with Gasteiger partial charge in [-0.1, -0.05) is 30.4 Å². The first kappa shape index (κ1) is 9.28. The van der Waals surface area contributed by atoms with Crippen LogP contribution >= 0.6 is 0 Å². The standard InChI is InChI=1S/C12H15NO/c14-12-8-4-3-6-10(12)11-7-2-1-5-9-13-11/h1-4,6,8,11,13-14H,5,7,9H2/t11-/m0/s1. The predicted octanol–water partition coefficient (Wildman–Crippen LogP) is 2.37. The largest absolute Gasteiger partial charge is 0.508 e. The maximum absolute atomic E-state index is 9.69. The molecule has 2 N–H and O–H groups in total. The average Bonchev–Trinajstić information content (AvgIpc) is 2.47. The number of hydrogen-bond donors (Lipinski definition) is 2. The summed E-state index contributed by atoms with van der Waals surface area (Å²) in [5, 5.41) is 13.1. The Kier molecular flexibility index (Phi) is 2.84. The van der Waals surface area contributed by atoms with Gasteiger partial charge in [-0.15, -0.1) is 0 Å². The van der Waals surface area contributed by atoms with Crippen molar-refractivity contribution in [2.75, 3.05) is 6.54 Å². The quantitative estimate of drug-likeness (QED) is 0.665. The van der Waals surface area contributed by atoms with Crippen molar-refractivity contribution in [2.45, 2.75) is 18.9 Å². The number of para-hydroxylation sites is 1. The zero-order valence-electron chi connectivity index (χ0n) is 8.11. The topological polar surface area (TPSA) is 32.3 Å². The van der Waals surface area contributed by atoms with Crippen LogP contribution in [0.15, 0.2) is 36.4 Å². The van der Waals surface area contributed by atoms with E-state index in [0.29, 0.717) is 5.75 Å². The number of phenols is 1. The molecule has 0 saturated carbocycles. The zero-order valence-corrected chi connectivity index (χ0v) is 8.11. The van der Waals surface area contributed by atoms with Gasteiger partial charge in [0.15, 0.2) is 0 Å². The number of nitrogens with one attached hydrogen (secondary N) is 1. The van der Waals surface area contributed by atoms with Gasteiger partial charge in [0.05, 0.1) is 0 Å². The van der Waals surface area contributed by atoms with Gasteiger partial charge in [-0.3, -0.25) is 0 Å². The Morgan fingerprint density at radius 3 is 2.93 bits per heavy atom. The first-order valence-electron chi connectivity index (χ1n) is 5.04. The molecule has 74 valence electrons. The summed E-state index contributed by atoms with van der Waals surface area (Å²) in [4.78, 5) is 0. The van der Waals surface area contributed by atoms with Crippen molar-refractivity contribution in [1.82, 2.24) is 5.32 Å². The van der Waals surface area contributed by atoms with E-state index >= 15 is 0 Å². The molecule has 1 aliphatic heterocycles. The van der Waals surface area contributed by atoms with E-state index in [1.807, 2.05) is 18.2 Å². The molecule has 1 aromatic carbocycles. The molecule has 1 aromatic rings. The molecule has 0 spiro atoms. The van der Waals surface area contributed by atoms with E-state index in [2.05, 4.69) is 17.5 Å². The molecule has 2 rings (SSSR count). The van der Waals surface area contributed by atoms with Crippen LogP contribution in [0.4, 0.5) is 0 Å². The van der Waals surface area contributed by atoms with Crippen LogP contribution in [0.25, 0.3) is 0 Å². The molecule has 0 fully saturated rings. The second-order valence-electron chi connectivity index (χ2n) is 3.56. The van der Waals surface area contributed by atoms with E-state index in [0.717, 1.165) is 24.9 Å². The van der Waals surface area contributed by atoms with Gasteiger partial charge < -0.3 is 10.4 Å². The third kappa shape index (κ3) is 1.96. The molecular weight excluding hydrogens is 174 g/mol. The molecule has 0 bridgehead atoms. The fraction of sp³-hybridized carbons (Fsp3) is 0.333. The molecule has 0 radical (unpaired) electrons. The molecule has 1 aliphatic rings. The molecule has 2 heteroatoms. The predicted molar refractivity (Wildman–Crippen MR) is 57.2 cm³/mol. The first-order valence-corrected chi connectivity index (χ1v) is 5.04. The smallest absolute Gasteiger partial charge is 0.120 e. The highest BCUT2D eigenvalue weighted by molar-refractivity contribution is 5.35. The fourth-order valence-electron chi connectivity index (χ4n) is 1.79. The second kappa shape index (κ2) is 4.29. The lowest BCUT2D eigenvalue weighted by molar-refractivity contribution is 0.449. The molecule has 14 heavy (non-hydrogen) atoms. The van der Waals surface area contributed by atoms with Gasteiger partial charge in [-0.05, 0) is 25.5 Å². The second-order valence-corrected chi connectivity index (χ2v) is 3.56. The number of rotatable bonds is 1.